The Balaban J connectivity index is 1.88. The Morgan fingerprint density at radius 1 is 1.35 bits per heavy atom. The van der Waals surface area contributed by atoms with Gasteiger partial charge in [0, 0.05) is 31.6 Å². The molecule has 0 atom stereocenters. The van der Waals surface area contributed by atoms with Crippen LogP contribution in [-0.4, -0.2) is 39.9 Å². The van der Waals surface area contributed by atoms with Crippen LogP contribution < -0.4 is 5.32 Å². The van der Waals surface area contributed by atoms with Crippen LogP contribution in [0.5, 0.6) is 0 Å². The third-order valence-corrected chi connectivity index (χ3v) is 3.74. The van der Waals surface area contributed by atoms with Gasteiger partial charge in [0.25, 0.3) is 0 Å². The normalized spacial score (nSPS) is 16.7. The topological polar surface area (TPSA) is 58.1 Å². The van der Waals surface area contributed by atoms with E-state index in [1.807, 2.05) is 18.7 Å². The highest BCUT2D eigenvalue weighted by atomic mass is 19.4. The number of likely N-dealkylation sites (tertiary alicyclic amines) is 1. The molecule has 1 amide bonds. The summed E-state index contributed by atoms with van der Waals surface area (Å²) in [6.07, 6.45) is -1.66. The molecule has 1 fully saturated rings. The number of nitrogens with one attached hydrogen (secondary N) is 1. The van der Waals surface area contributed by atoms with E-state index in [1.54, 1.807) is 0 Å². The first-order valence-electron chi connectivity index (χ1n) is 7.69. The quantitative estimate of drug-likeness (QED) is 0.922. The first-order chi connectivity index (χ1) is 10.8. The summed E-state index contributed by atoms with van der Waals surface area (Å²) in [5.74, 6) is 0.624. The lowest BCUT2D eigenvalue weighted by atomic mass is 10.0. The van der Waals surface area contributed by atoms with Gasteiger partial charge in [-0.25, -0.2) is 9.97 Å². The SMILES string of the molecule is CC(C)CC(=O)N1CCC(Nc2cc(C(F)(F)F)ncn2)CC1. The molecular formula is C15H21F3N4O. The number of alkyl halides is 3. The summed E-state index contributed by atoms with van der Waals surface area (Å²) >= 11 is 0. The minimum Gasteiger partial charge on any atom is -0.367 e. The number of halogens is 3. The van der Waals surface area contributed by atoms with Crippen molar-refractivity contribution in [3.05, 3.63) is 18.1 Å². The summed E-state index contributed by atoms with van der Waals surface area (Å²) in [6.45, 7) is 5.22. The summed E-state index contributed by atoms with van der Waals surface area (Å²) < 4.78 is 37.9. The average Bonchev–Trinajstić information content (AvgIpc) is 2.46. The predicted octanol–water partition coefficient (Wildman–Crippen LogP) is 2.94. The van der Waals surface area contributed by atoms with Crippen LogP contribution in [0.15, 0.2) is 12.4 Å². The Labute approximate surface area is 133 Å². The first-order valence-corrected chi connectivity index (χ1v) is 7.69. The molecule has 0 aliphatic carbocycles. The second kappa shape index (κ2) is 7.14. The molecule has 0 bridgehead atoms. The number of anilines is 1. The maximum absolute atomic E-state index is 12.6. The number of hydrogen-bond acceptors (Lipinski definition) is 4. The summed E-state index contributed by atoms with van der Waals surface area (Å²) in [7, 11) is 0. The van der Waals surface area contributed by atoms with Gasteiger partial charge in [0.05, 0.1) is 0 Å². The second-order valence-electron chi connectivity index (χ2n) is 6.18. The van der Waals surface area contributed by atoms with Crippen LogP contribution in [-0.2, 0) is 11.0 Å². The molecule has 2 rings (SSSR count). The van der Waals surface area contributed by atoms with E-state index in [2.05, 4.69) is 15.3 Å². The van der Waals surface area contributed by atoms with Crippen LogP contribution >= 0.6 is 0 Å². The monoisotopic (exact) mass is 330 g/mol. The molecule has 128 valence electrons. The highest BCUT2D eigenvalue weighted by molar-refractivity contribution is 5.76. The van der Waals surface area contributed by atoms with Gasteiger partial charge in [0.1, 0.15) is 17.8 Å². The molecule has 2 heterocycles. The molecule has 1 aromatic rings. The Morgan fingerprint density at radius 3 is 2.57 bits per heavy atom. The third kappa shape index (κ3) is 5.07. The summed E-state index contributed by atoms with van der Waals surface area (Å²) in [4.78, 5) is 20.9. The molecule has 0 saturated carbocycles. The lowest BCUT2D eigenvalue weighted by Gasteiger charge is -2.33. The molecule has 0 aromatic carbocycles. The third-order valence-electron chi connectivity index (χ3n) is 3.74. The average molecular weight is 330 g/mol. The molecule has 1 aliphatic heterocycles. The molecule has 1 saturated heterocycles. The number of amides is 1. The molecule has 0 unspecified atom stereocenters. The maximum Gasteiger partial charge on any atom is 0.433 e. The second-order valence-corrected chi connectivity index (χ2v) is 6.18. The number of carbonyl (C=O) groups excluding carboxylic acids is 1. The van der Waals surface area contributed by atoms with Crippen molar-refractivity contribution >= 4 is 11.7 Å². The standard InChI is InChI=1S/C15H21F3N4O/c1-10(2)7-14(23)22-5-3-11(4-6-22)21-13-8-12(15(16,17)18)19-9-20-13/h8-11H,3-7H2,1-2H3,(H,19,20,21). The number of nitrogens with zero attached hydrogens (tertiary/aromatic N) is 3. The highest BCUT2D eigenvalue weighted by Crippen LogP contribution is 2.28. The molecule has 23 heavy (non-hydrogen) atoms. The van der Waals surface area contributed by atoms with Gasteiger partial charge in [0.2, 0.25) is 5.91 Å². The van der Waals surface area contributed by atoms with Crippen LogP contribution in [0.1, 0.15) is 38.8 Å². The van der Waals surface area contributed by atoms with Crippen molar-refractivity contribution in [2.45, 2.75) is 45.3 Å². The predicted molar refractivity (Wildman–Crippen MR) is 79.7 cm³/mol. The summed E-state index contributed by atoms with van der Waals surface area (Å²) in [5, 5.41) is 3.00. The zero-order valence-electron chi connectivity index (χ0n) is 13.2. The summed E-state index contributed by atoms with van der Waals surface area (Å²) in [5.41, 5.74) is -0.959. The van der Waals surface area contributed by atoms with Crippen LogP contribution in [0.3, 0.4) is 0 Å². The number of hydrogen-bond donors (Lipinski definition) is 1. The van der Waals surface area contributed by atoms with Crippen molar-refractivity contribution in [2.75, 3.05) is 18.4 Å². The van der Waals surface area contributed by atoms with Gasteiger partial charge in [-0.1, -0.05) is 13.8 Å². The molecule has 1 N–H and O–H groups in total. The van der Waals surface area contributed by atoms with E-state index in [0.29, 0.717) is 38.3 Å². The largest absolute Gasteiger partial charge is 0.433 e. The fraction of sp³-hybridized carbons (Fsp3) is 0.667. The van der Waals surface area contributed by atoms with Crippen LogP contribution in [0.25, 0.3) is 0 Å². The van der Waals surface area contributed by atoms with Gasteiger partial charge < -0.3 is 10.2 Å². The van der Waals surface area contributed by atoms with Gasteiger partial charge in [0.15, 0.2) is 0 Å². The van der Waals surface area contributed by atoms with E-state index < -0.39 is 11.9 Å². The zero-order valence-corrected chi connectivity index (χ0v) is 13.2. The van der Waals surface area contributed by atoms with Crippen LogP contribution in [0.4, 0.5) is 19.0 Å². The molecule has 1 aliphatic rings. The zero-order chi connectivity index (χ0) is 17.0. The number of carbonyl (C=O) groups is 1. The lowest BCUT2D eigenvalue weighted by Crippen LogP contribution is -2.42. The molecular weight excluding hydrogens is 309 g/mol. The Morgan fingerprint density at radius 2 is 2.00 bits per heavy atom. The fourth-order valence-electron chi connectivity index (χ4n) is 2.55. The van der Waals surface area contributed by atoms with E-state index in [4.69, 9.17) is 0 Å². The molecule has 8 heteroatoms. The van der Waals surface area contributed by atoms with Crippen molar-refractivity contribution in [3.63, 3.8) is 0 Å². The Kier molecular flexibility index (Phi) is 5.43. The first kappa shape index (κ1) is 17.5. The van der Waals surface area contributed by atoms with Crippen LogP contribution in [0, 0.1) is 5.92 Å². The van der Waals surface area contributed by atoms with E-state index in [1.165, 1.54) is 0 Å². The Hall–Kier alpha value is -1.86. The van der Waals surface area contributed by atoms with E-state index in [-0.39, 0.29) is 17.8 Å². The van der Waals surface area contributed by atoms with Crippen molar-refractivity contribution in [1.29, 1.82) is 0 Å². The van der Waals surface area contributed by atoms with Crippen molar-refractivity contribution < 1.29 is 18.0 Å². The van der Waals surface area contributed by atoms with Gasteiger partial charge in [-0.15, -0.1) is 0 Å². The van der Waals surface area contributed by atoms with Gasteiger partial charge in [-0.05, 0) is 18.8 Å². The van der Waals surface area contributed by atoms with Gasteiger partial charge >= 0.3 is 6.18 Å². The Bertz CT molecular complexity index is 540. The maximum atomic E-state index is 12.6. The van der Waals surface area contributed by atoms with Gasteiger partial charge in [-0.2, -0.15) is 13.2 Å². The minimum atomic E-state index is -4.48. The van der Waals surface area contributed by atoms with Gasteiger partial charge in [-0.3, -0.25) is 4.79 Å². The van der Waals surface area contributed by atoms with Crippen molar-refractivity contribution in [2.24, 2.45) is 5.92 Å². The lowest BCUT2D eigenvalue weighted by molar-refractivity contribution is -0.141. The van der Waals surface area contributed by atoms with Crippen molar-refractivity contribution in [1.82, 2.24) is 14.9 Å². The van der Waals surface area contributed by atoms with Crippen molar-refractivity contribution in [3.8, 4) is 0 Å². The highest BCUT2D eigenvalue weighted by Gasteiger charge is 2.33. The van der Waals surface area contributed by atoms with E-state index >= 15 is 0 Å². The number of piperidine rings is 1. The van der Waals surface area contributed by atoms with Crippen LogP contribution in [0.2, 0.25) is 0 Å². The molecule has 0 spiro atoms. The smallest absolute Gasteiger partial charge is 0.367 e. The molecule has 5 nitrogen and oxygen atoms in total. The number of rotatable bonds is 4. The van der Waals surface area contributed by atoms with E-state index in [0.717, 1.165) is 12.4 Å². The molecule has 1 aromatic heterocycles. The summed E-state index contributed by atoms with van der Waals surface area (Å²) in [6, 6.07) is 0.921. The minimum absolute atomic E-state index is 0.00841. The fourth-order valence-corrected chi connectivity index (χ4v) is 2.55. The number of aromatic nitrogens is 2. The molecule has 0 radical (unpaired) electrons. The van der Waals surface area contributed by atoms with E-state index in [9.17, 15) is 18.0 Å².